The first-order valence-corrected chi connectivity index (χ1v) is 11.4. The van der Waals surface area contributed by atoms with Crippen LogP contribution in [-0.2, 0) is 14.3 Å². The summed E-state index contributed by atoms with van der Waals surface area (Å²) in [5, 5.41) is 0. The second-order valence-electron chi connectivity index (χ2n) is 7.95. The standard InChI is InChI=1S/C25H41NO4/c1-6-7-8-9-10-11-12-13-14-15-16-17-18-19-20-26(23(27)21(2)3)25(29)30-24(28)22(4)5/h19-20H,2,4,6-18H2,1,3,5H3. The minimum atomic E-state index is -1.04. The summed E-state index contributed by atoms with van der Waals surface area (Å²) in [6.45, 7) is 12.2. The molecule has 0 rings (SSSR count). The Morgan fingerprint density at radius 3 is 1.67 bits per heavy atom. The van der Waals surface area contributed by atoms with E-state index in [1.807, 2.05) is 0 Å². The van der Waals surface area contributed by atoms with E-state index < -0.39 is 18.0 Å². The van der Waals surface area contributed by atoms with Crippen LogP contribution < -0.4 is 0 Å². The zero-order valence-electron chi connectivity index (χ0n) is 19.3. The molecule has 0 atom stereocenters. The maximum Gasteiger partial charge on any atom is 0.428 e. The predicted octanol–water partition coefficient (Wildman–Crippen LogP) is 7.24. The van der Waals surface area contributed by atoms with Crippen molar-refractivity contribution in [3.63, 3.8) is 0 Å². The molecule has 5 heteroatoms. The van der Waals surface area contributed by atoms with Crippen molar-refractivity contribution >= 4 is 18.0 Å². The number of nitrogens with zero attached hydrogens (tertiary/aromatic N) is 1. The van der Waals surface area contributed by atoms with Crippen LogP contribution in [0, 0.1) is 0 Å². The molecule has 0 radical (unpaired) electrons. The zero-order valence-corrected chi connectivity index (χ0v) is 19.3. The molecule has 0 aromatic carbocycles. The van der Waals surface area contributed by atoms with Crippen LogP contribution in [0.4, 0.5) is 4.79 Å². The first kappa shape index (κ1) is 27.8. The van der Waals surface area contributed by atoms with Gasteiger partial charge in [-0.25, -0.2) is 14.5 Å². The molecule has 0 spiro atoms. The summed E-state index contributed by atoms with van der Waals surface area (Å²) in [6, 6.07) is 0. The molecule has 30 heavy (non-hydrogen) atoms. The fraction of sp³-hybridized carbons (Fsp3) is 0.640. The van der Waals surface area contributed by atoms with Crippen LogP contribution in [0.1, 0.15) is 104 Å². The Hall–Kier alpha value is -2.17. The third-order valence-corrected chi connectivity index (χ3v) is 4.79. The second-order valence-corrected chi connectivity index (χ2v) is 7.95. The molecule has 0 unspecified atom stereocenters. The van der Waals surface area contributed by atoms with E-state index in [9.17, 15) is 14.4 Å². The van der Waals surface area contributed by atoms with Gasteiger partial charge in [0.2, 0.25) is 0 Å². The molecule has 0 saturated heterocycles. The lowest BCUT2D eigenvalue weighted by Crippen LogP contribution is -2.34. The number of ether oxygens (including phenoxy) is 1. The van der Waals surface area contributed by atoms with Crippen molar-refractivity contribution in [3.8, 4) is 0 Å². The van der Waals surface area contributed by atoms with Crippen molar-refractivity contribution < 1.29 is 19.1 Å². The molecule has 0 aromatic rings. The van der Waals surface area contributed by atoms with E-state index in [1.54, 1.807) is 6.08 Å². The molecule has 0 heterocycles. The lowest BCUT2D eigenvalue weighted by Gasteiger charge is -2.15. The van der Waals surface area contributed by atoms with Gasteiger partial charge in [-0.1, -0.05) is 96.8 Å². The highest BCUT2D eigenvalue weighted by Gasteiger charge is 2.23. The van der Waals surface area contributed by atoms with Crippen LogP contribution in [0.15, 0.2) is 36.6 Å². The van der Waals surface area contributed by atoms with Gasteiger partial charge in [0, 0.05) is 17.3 Å². The molecule has 0 bridgehead atoms. The molecule has 0 fully saturated rings. The number of carbonyl (C=O) groups excluding carboxylic acids is 3. The largest absolute Gasteiger partial charge is 0.428 e. The zero-order chi connectivity index (χ0) is 22.8. The van der Waals surface area contributed by atoms with Crippen molar-refractivity contribution in [1.82, 2.24) is 4.90 Å². The summed E-state index contributed by atoms with van der Waals surface area (Å²) in [5.41, 5.74) is 0.274. The third kappa shape index (κ3) is 13.9. The van der Waals surface area contributed by atoms with Gasteiger partial charge in [0.05, 0.1) is 0 Å². The average molecular weight is 420 g/mol. The van der Waals surface area contributed by atoms with Crippen LogP contribution >= 0.6 is 0 Å². The highest BCUT2D eigenvalue weighted by Crippen LogP contribution is 2.13. The molecule has 0 N–H and O–H groups in total. The maximum absolute atomic E-state index is 12.1. The van der Waals surface area contributed by atoms with Gasteiger partial charge in [0.25, 0.3) is 5.91 Å². The smallest absolute Gasteiger partial charge is 0.372 e. The van der Waals surface area contributed by atoms with Gasteiger partial charge in [-0.3, -0.25) is 4.79 Å². The minimum Gasteiger partial charge on any atom is -0.372 e. The van der Waals surface area contributed by atoms with Crippen molar-refractivity contribution in [1.29, 1.82) is 0 Å². The molecule has 0 aliphatic carbocycles. The van der Waals surface area contributed by atoms with E-state index in [-0.39, 0.29) is 11.1 Å². The lowest BCUT2D eigenvalue weighted by atomic mass is 10.0. The topological polar surface area (TPSA) is 63.7 Å². The van der Waals surface area contributed by atoms with E-state index in [2.05, 4.69) is 24.8 Å². The highest BCUT2D eigenvalue weighted by molar-refractivity contribution is 6.05. The number of imide groups is 1. The Morgan fingerprint density at radius 1 is 0.767 bits per heavy atom. The van der Waals surface area contributed by atoms with Crippen LogP contribution in [0.2, 0.25) is 0 Å². The summed E-state index contributed by atoms with van der Waals surface area (Å²) in [5.74, 6) is -1.45. The van der Waals surface area contributed by atoms with Crippen molar-refractivity contribution in [2.24, 2.45) is 0 Å². The number of carbonyl (C=O) groups is 3. The lowest BCUT2D eigenvalue weighted by molar-refractivity contribution is -0.134. The Labute approximate surface area is 183 Å². The summed E-state index contributed by atoms with van der Waals surface area (Å²) in [6.07, 6.45) is 18.2. The Balaban J connectivity index is 4.07. The number of allylic oxidation sites excluding steroid dienone is 1. The molecule has 0 aromatic heterocycles. The van der Waals surface area contributed by atoms with Crippen molar-refractivity contribution in [3.05, 3.63) is 36.6 Å². The van der Waals surface area contributed by atoms with Gasteiger partial charge in [-0.05, 0) is 26.7 Å². The average Bonchev–Trinajstić information content (AvgIpc) is 2.70. The first-order valence-electron chi connectivity index (χ1n) is 11.4. The van der Waals surface area contributed by atoms with E-state index in [0.717, 1.165) is 24.2 Å². The Kier molecular flexibility index (Phi) is 16.4. The third-order valence-electron chi connectivity index (χ3n) is 4.79. The number of unbranched alkanes of at least 4 members (excludes halogenated alkanes) is 12. The molecule has 170 valence electrons. The molecule has 5 nitrogen and oxygen atoms in total. The normalized spacial score (nSPS) is 10.8. The number of amides is 2. The summed E-state index contributed by atoms with van der Waals surface area (Å²) in [7, 11) is 0. The van der Waals surface area contributed by atoms with Gasteiger partial charge >= 0.3 is 12.1 Å². The van der Waals surface area contributed by atoms with E-state index in [4.69, 9.17) is 0 Å². The van der Waals surface area contributed by atoms with Gasteiger partial charge in [-0.2, -0.15) is 0 Å². The maximum atomic E-state index is 12.1. The number of hydrogen-bond acceptors (Lipinski definition) is 4. The Bertz CT molecular complexity index is 592. The fourth-order valence-electron chi connectivity index (χ4n) is 2.92. The molecule has 2 amide bonds. The highest BCUT2D eigenvalue weighted by atomic mass is 16.6. The van der Waals surface area contributed by atoms with Crippen molar-refractivity contribution in [2.75, 3.05) is 0 Å². The summed E-state index contributed by atoms with van der Waals surface area (Å²) >= 11 is 0. The quantitative estimate of drug-likeness (QED) is 0.114. The molecular weight excluding hydrogens is 378 g/mol. The molecular formula is C25H41NO4. The van der Waals surface area contributed by atoms with Gasteiger partial charge in [0.1, 0.15) is 0 Å². The number of hydrogen-bond donors (Lipinski definition) is 0. The molecule has 0 aliphatic heterocycles. The minimum absolute atomic E-state index is 0.0894. The summed E-state index contributed by atoms with van der Waals surface area (Å²) < 4.78 is 4.65. The van der Waals surface area contributed by atoms with Gasteiger partial charge in [-0.15, -0.1) is 0 Å². The monoisotopic (exact) mass is 419 g/mol. The second kappa shape index (κ2) is 17.7. The van der Waals surface area contributed by atoms with Crippen LogP contribution in [0.25, 0.3) is 0 Å². The predicted molar refractivity (Wildman–Crippen MR) is 123 cm³/mol. The van der Waals surface area contributed by atoms with Gasteiger partial charge in [0.15, 0.2) is 0 Å². The summed E-state index contributed by atoms with van der Waals surface area (Å²) in [4.78, 5) is 36.5. The first-order chi connectivity index (χ1) is 14.3. The Morgan fingerprint density at radius 2 is 1.23 bits per heavy atom. The fourth-order valence-corrected chi connectivity index (χ4v) is 2.92. The van der Waals surface area contributed by atoms with Crippen LogP contribution in [0.3, 0.4) is 0 Å². The van der Waals surface area contributed by atoms with Crippen molar-refractivity contribution in [2.45, 2.75) is 104 Å². The van der Waals surface area contributed by atoms with Crippen LogP contribution in [0.5, 0.6) is 0 Å². The van der Waals surface area contributed by atoms with E-state index >= 15 is 0 Å². The van der Waals surface area contributed by atoms with E-state index in [0.29, 0.717) is 0 Å². The van der Waals surface area contributed by atoms with Gasteiger partial charge < -0.3 is 4.74 Å². The molecule has 0 saturated carbocycles. The number of esters is 1. The number of rotatable bonds is 16. The molecule has 0 aliphatic rings. The van der Waals surface area contributed by atoms with E-state index in [1.165, 1.54) is 84.3 Å². The van der Waals surface area contributed by atoms with Crippen LogP contribution in [-0.4, -0.2) is 22.9 Å². The SMILES string of the molecule is C=C(C)C(=O)OC(=O)N(C=CCCCCCCCCCCCCCC)C(=O)C(=C)C.